The van der Waals surface area contributed by atoms with Gasteiger partial charge in [0.2, 0.25) is 0 Å². The van der Waals surface area contributed by atoms with Crippen LogP contribution in [-0.2, 0) is 4.74 Å². The third kappa shape index (κ3) is 2.12. The zero-order valence-corrected chi connectivity index (χ0v) is 10.9. The summed E-state index contributed by atoms with van der Waals surface area (Å²) in [6, 6.07) is 15.0. The summed E-state index contributed by atoms with van der Waals surface area (Å²) >= 11 is 0. The van der Waals surface area contributed by atoms with Gasteiger partial charge in [-0.3, -0.25) is 0 Å². The van der Waals surface area contributed by atoms with E-state index in [1.807, 2.05) is 36.4 Å². The Kier molecular flexibility index (Phi) is 3.13. The van der Waals surface area contributed by atoms with Crippen LogP contribution in [0, 0.1) is 0 Å². The van der Waals surface area contributed by atoms with Crippen molar-refractivity contribution in [3.05, 3.63) is 60.4 Å². The van der Waals surface area contributed by atoms with Gasteiger partial charge in [-0.05, 0) is 23.8 Å². The number of aromatic amines is 1. The van der Waals surface area contributed by atoms with Crippen LogP contribution in [0.5, 0.6) is 0 Å². The number of hydrogen-bond acceptors (Lipinski definition) is 3. The van der Waals surface area contributed by atoms with E-state index in [0.717, 1.165) is 17.0 Å². The summed E-state index contributed by atoms with van der Waals surface area (Å²) in [5.74, 6) is 0.301. The smallest absolute Gasteiger partial charge is 0.340 e. The van der Waals surface area contributed by atoms with Gasteiger partial charge in [-0.15, -0.1) is 0 Å². The molecule has 4 heteroatoms. The van der Waals surface area contributed by atoms with Gasteiger partial charge in [0.05, 0.1) is 30.3 Å². The molecule has 100 valence electrons. The first kappa shape index (κ1) is 12.3. The highest BCUT2D eigenvalue weighted by Gasteiger charge is 2.18. The fraction of sp³-hybridized carbons (Fsp3) is 0.0625. The number of H-pyrrole nitrogens is 1. The maximum Gasteiger partial charge on any atom is 0.340 e. The normalized spacial score (nSPS) is 10.4. The number of aromatic nitrogens is 1. The third-order valence-corrected chi connectivity index (χ3v) is 3.07. The highest BCUT2D eigenvalue weighted by atomic mass is 16.5. The number of ether oxygens (including phenoxy) is 1. The summed E-state index contributed by atoms with van der Waals surface area (Å²) in [6.07, 6.45) is 1.59. The lowest BCUT2D eigenvalue weighted by atomic mass is 10.1. The first-order valence-corrected chi connectivity index (χ1v) is 6.20. The van der Waals surface area contributed by atoms with Crippen LogP contribution in [-0.4, -0.2) is 18.1 Å². The lowest BCUT2D eigenvalue weighted by Gasteiger charge is -2.02. The molecule has 0 unspecified atom stereocenters. The summed E-state index contributed by atoms with van der Waals surface area (Å²) in [5, 5.41) is 0. The number of benzene rings is 1. The lowest BCUT2D eigenvalue weighted by molar-refractivity contribution is 0.0602. The molecule has 0 saturated carbocycles. The van der Waals surface area contributed by atoms with E-state index in [2.05, 4.69) is 4.98 Å². The SMILES string of the molecule is COC(=O)c1cc(-c2ccco2)[nH]c1-c1ccccc1. The molecule has 0 aliphatic rings. The van der Waals surface area contributed by atoms with Crippen molar-refractivity contribution in [1.29, 1.82) is 0 Å². The predicted molar refractivity (Wildman–Crippen MR) is 75.3 cm³/mol. The predicted octanol–water partition coefficient (Wildman–Crippen LogP) is 3.73. The summed E-state index contributed by atoms with van der Waals surface area (Å²) in [7, 11) is 1.37. The Balaban J connectivity index is 2.15. The quantitative estimate of drug-likeness (QED) is 0.736. The molecule has 4 nitrogen and oxygen atoms in total. The van der Waals surface area contributed by atoms with Crippen molar-refractivity contribution in [2.45, 2.75) is 0 Å². The van der Waals surface area contributed by atoms with Crippen LogP contribution in [0.1, 0.15) is 10.4 Å². The second-order valence-electron chi connectivity index (χ2n) is 4.31. The molecule has 0 bridgehead atoms. The molecule has 1 N–H and O–H groups in total. The molecule has 0 aliphatic carbocycles. The van der Waals surface area contributed by atoms with Gasteiger partial charge in [0.1, 0.15) is 5.76 Å². The number of esters is 1. The molecule has 0 saturated heterocycles. The molecule has 0 radical (unpaired) electrons. The second kappa shape index (κ2) is 5.09. The van der Waals surface area contributed by atoms with Gasteiger partial charge in [-0.2, -0.15) is 0 Å². The van der Waals surface area contributed by atoms with Gasteiger partial charge in [-0.1, -0.05) is 30.3 Å². The standard InChI is InChI=1S/C16H13NO3/c1-19-16(18)12-10-13(14-8-5-9-20-14)17-15(12)11-6-3-2-4-7-11/h2-10,17H,1H3. The van der Waals surface area contributed by atoms with Crippen LogP contribution in [0.2, 0.25) is 0 Å². The highest BCUT2D eigenvalue weighted by molar-refractivity contribution is 5.98. The molecule has 0 fully saturated rings. The van der Waals surface area contributed by atoms with Crippen molar-refractivity contribution in [3.63, 3.8) is 0 Å². The first-order chi connectivity index (χ1) is 9.79. The molecule has 2 aromatic heterocycles. The zero-order valence-electron chi connectivity index (χ0n) is 10.9. The van der Waals surface area contributed by atoms with E-state index < -0.39 is 0 Å². The summed E-state index contributed by atoms with van der Waals surface area (Å²) < 4.78 is 10.2. The average molecular weight is 267 g/mol. The van der Waals surface area contributed by atoms with Crippen LogP contribution in [0.3, 0.4) is 0 Å². The molecule has 0 aliphatic heterocycles. The molecular weight excluding hydrogens is 254 g/mol. The van der Waals surface area contributed by atoms with E-state index in [-0.39, 0.29) is 5.97 Å². The maximum atomic E-state index is 11.9. The van der Waals surface area contributed by atoms with E-state index in [9.17, 15) is 4.79 Å². The van der Waals surface area contributed by atoms with Crippen molar-refractivity contribution < 1.29 is 13.9 Å². The lowest BCUT2D eigenvalue weighted by Crippen LogP contribution is -2.01. The van der Waals surface area contributed by atoms with Crippen molar-refractivity contribution in [2.24, 2.45) is 0 Å². The van der Waals surface area contributed by atoms with Crippen LogP contribution in [0.4, 0.5) is 0 Å². The Morgan fingerprint density at radius 2 is 1.95 bits per heavy atom. The van der Waals surface area contributed by atoms with Crippen LogP contribution >= 0.6 is 0 Å². The third-order valence-electron chi connectivity index (χ3n) is 3.07. The van der Waals surface area contributed by atoms with Crippen LogP contribution in [0.15, 0.2) is 59.2 Å². The molecule has 3 aromatic rings. The number of carbonyl (C=O) groups is 1. The van der Waals surface area contributed by atoms with Gasteiger partial charge in [0.15, 0.2) is 0 Å². The zero-order chi connectivity index (χ0) is 13.9. The molecule has 0 atom stereocenters. The topological polar surface area (TPSA) is 55.2 Å². The average Bonchev–Trinajstić information content (AvgIpc) is 3.16. The molecule has 0 spiro atoms. The number of furan rings is 1. The molecule has 20 heavy (non-hydrogen) atoms. The largest absolute Gasteiger partial charge is 0.465 e. The van der Waals surface area contributed by atoms with Gasteiger partial charge >= 0.3 is 5.97 Å². The molecule has 1 aromatic carbocycles. The minimum atomic E-state index is -0.377. The minimum Gasteiger partial charge on any atom is -0.465 e. The van der Waals surface area contributed by atoms with Gasteiger partial charge in [0.25, 0.3) is 0 Å². The number of nitrogens with one attached hydrogen (secondary N) is 1. The Morgan fingerprint density at radius 1 is 1.15 bits per heavy atom. The number of methoxy groups -OCH3 is 1. The van der Waals surface area contributed by atoms with E-state index in [1.165, 1.54) is 7.11 Å². The maximum absolute atomic E-state index is 11.9. The van der Waals surface area contributed by atoms with Gasteiger partial charge in [0, 0.05) is 0 Å². The Hall–Kier alpha value is -2.75. The summed E-state index contributed by atoms with van der Waals surface area (Å²) in [6.45, 7) is 0. The number of rotatable bonds is 3. The molecule has 0 amide bonds. The fourth-order valence-electron chi connectivity index (χ4n) is 2.12. The van der Waals surface area contributed by atoms with Crippen molar-refractivity contribution in [2.75, 3.05) is 7.11 Å². The molecule has 3 rings (SSSR count). The van der Waals surface area contributed by atoms with Crippen LogP contribution in [0.25, 0.3) is 22.7 Å². The highest BCUT2D eigenvalue weighted by Crippen LogP contribution is 2.29. The Labute approximate surface area is 116 Å². The van der Waals surface area contributed by atoms with Gasteiger partial charge in [-0.25, -0.2) is 4.79 Å². The van der Waals surface area contributed by atoms with Gasteiger partial charge < -0.3 is 14.1 Å². The van der Waals surface area contributed by atoms with Crippen molar-refractivity contribution in [1.82, 2.24) is 4.98 Å². The number of hydrogen-bond donors (Lipinski definition) is 1. The van der Waals surface area contributed by atoms with Crippen molar-refractivity contribution >= 4 is 5.97 Å². The molecule has 2 heterocycles. The van der Waals surface area contributed by atoms with Crippen molar-refractivity contribution in [3.8, 4) is 22.7 Å². The molecular formula is C16H13NO3. The van der Waals surface area contributed by atoms with Crippen LogP contribution < -0.4 is 0 Å². The summed E-state index contributed by atoms with van der Waals surface area (Å²) in [4.78, 5) is 15.1. The second-order valence-corrected chi connectivity index (χ2v) is 4.31. The van der Waals surface area contributed by atoms with E-state index in [4.69, 9.17) is 9.15 Å². The van der Waals surface area contributed by atoms with E-state index in [0.29, 0.717) is 11.3 Å². The fourth-order valence-corrected chi connectivity index (χ4v) is 2.12. The first-order valence-electron chi connectivity index (χ1n) is 6.20. The van der Waals surface area contributed by atoms with E-state index >= 15 is 0 Å². The van der Waals surface area contributed by atoms with E-state index in [1.54, 1.807) is 18.4 Å². The summed E-state index contributed by atoms with van der Waals surface area (Å²) in [5.41, 5.74) is 2.88. The Bertz CT molecular complexity index is 712. The monoisotopic (exact) mass is 267 g/mol. The number of carbonyl (C=O) groups excluding carboxylic acids is 1. The Morgan fingerprint density at radius 3 is 2.60 bits per heavy atom. The minimum absolute atomic E-state index is 0.377.